The predicted octanol–water partition coefficient (Wildman–Crippen LogP) is 1.93. The summed E-state index contributed by atoms with van der Waals surface area (Å²) < 4.78 is 5.36. The van der Waals surface area contributed by atoms with Crippen molar-refractivity contribution in [1.82, 2.24) is 0 Å². The molecule has 0 atom stereocenters. The number of carbonyl (C=O) groups excluding carboxylic acids is 1. The molecule has 5 nitrogen and oxygen atoms in total. The molecule has 110 valence electrons. The van der Waals surface area contributed by atoms with Gasteiger partial charge in [-0.25, -0.2) is 0 Å². The van der Waals surface area contributed by atoms with Crippen molar-refractivity contribution in [3.05, 3.63) is 35.9 Å². The summed E-state index contributed by atoms with van der Waals surface area (Å²) in [6.07, 6.45) is 0. The fourth-order valence-electron chi connectivity index (χ4n) is 2.46. The van der Waals surface area contributed by atoms with E-state index >= 15 is 0 Å². The molecule has 0 unspecified atom stereocenters. The molecular weight excluding hydrogens is 286 g/mol. The van der Waals surface area contributed by atoms with Gasteiger partial charge in [0.2, 0.25) is 0 Å². The molecular formula is C15H17N3O2S. The maximum absolute atomic E-state index is 11.8. The normalized spacial score (nSPS) is 15.1. The third kappa shape index (κ3) is 2.59. The minimum absolute atomic E-state index is 0.431. The van der Waals surface area contributed by atoms with Gasteiger partial charge in [-0.1, -0.05) is 30.3 Å². The highest BCUT2D eigenvalue weighted by Gasteiger charge is 2.25. The molecule has 0 aliphatic carbocycles. The number of nitrogens with zero attached hydrogens (tertiary/aromatic N) is 1. The van der Waals surface area contributed by atoms with Gasteiger partial charge in [-0.15, -0.1) is 11.3 Å². The summed E-state index contributed by atoms with van der Waals surface area (Å²) in [5, 5.41) is 0.849. The molecule has 1 saturated heterocycles. The first kappa shape index (κ1) is 13.9. The first-order valence-electron chi connectivity index (χ1n) is 6.78. The van der Waals surface area contributed by atoms with Crippen LogP contribution in [0.5, 0.6) is 0 Å². The van der Waals surface area contributed by atoms with Crippen LogP contribution in [0.2, 0.25) is 0 Å². The Morgan fingerprint density at radius 1 is 1.19 bits per heavy atom. The lowest BCUT2D eigenvalue weighted by Crippen LogP contribution is -2.36. The summed E-state index contributed by atoms with van der Waals surface area (Å²) in [5.41, 5.74) is 13.6. The highest BCUT2D eigenvalue weighted by molar-refractivity contribution is 7.20. The number of hydrogen-bond acceptors (Lipinski definition) is 5. The monoisotopic (exact) mass is 303 g/mol. The number of benzene rings is 1. The number of hydrogen-bond donors (Lipinski definition) is 2. The molecule has 0 radical (unpaired) electrons. The fraction of sp³-hybridized carbons (Fsp3) is 0.267. The van der Waals surface area contributed by atoms with Crippen molar-refractivity contribution >= 4 is 27.9 Å². The molecule has 1 amide bonds. The number of rotatable bonds is 3. The van der Waals surface area contributed by atoms with Crippen molar-refractivity contribution in [2.75, 3.05) is 36.9 Å². The van der Waals surface area contributed by atoms with Gasteiger partial charge in [0.1, 0.15) is 5.00 Å². The lowest BCUT2D eigenvalue weighted by atomic mass is 10.1. The summed E-state index contributed by atoms with van der Waals surface area (Å²) in [6.45, 7) is 2.79. The molecule has 2 heterocycles. The number of amides is 1. The van der Waals surface area contributed by atoms with Crippen LogP contribution in [-0.4, -0.2) is 32.2 Å². The second kappa shape index (κ2) is 5.75. The lowest BCUT2D eigenvalue weighted by Gasteiger charge is -2.28. The van der Waals surface area contributed by atoms with E-state index in [-0.39, 0.29) is 0 Å². The number of thiophene rings is 1. The molecule has 1 fully saturated rings. The summed E-state index contributed by atoms with van der Waals surface area (Å²) in [5.74, 6) is -0.479. The highest BCUT2D eigenvalue weighted by atomic mass is 32.1. The zero-order valence-electron chi connectivity index (χ0n) is 11.5. The van der Waals surface area contributed by atoms with Crippen molar-refractivity contribution in [2.24, 2.45) is 5.73 Å². The van der Waals surface area contributed by atoms with Gasteiger partial charge >= 0.3 is 0 Å². The minimum Gasteiger partial charge on any atom is -0.397 e. The van der Waals surface area contributed by atoms with Crippen molar-refractivity contribution in [3.63, 3.8) is 0 Å². The molecule has 1 aromatic carbocycles. The van der Waals surface area contributed by atoms with Crippen molar-refractivity contribution < 1.29 is 9.53 Å². The van der Waals surface area contributed by atoms with Gasteiger partial charge in [-0.2, -0.15) is 0 Å². The molecule has 2 aromatic rings. The number of primary amides is 1. The van der Waals surface area contributed by atoms with Gasteiger partial charge < -0.3 is 21.1 Å². The van der Waals surface area contributed by atoms with Crippen LogP contribution in [0, 0.1) is 0 Å². The van der Waals surface area contributed by atoms with Crippen LogP contribution in [0.15, 0.2) is 30.3 Å². The van der Waals surface area contributed by atoms with Gasteiger partial charge in [0, 0.05) is 13.1 Å². The maximum atomic E-state index is 11.8. The zero-order chi connectivity index (χ0) is 14.8. The van der Waals surface area contributed by atoms with Gasteiger partial charge in [-0.3, -0.25) is 4.79 Å². The van der Waals surface area contributed by atoms with Crippen LogP contribution in [0.3, 0.4) is 0 Å². The summed E-state index contributed by atoms with van der Waals surface area (Å²) >= 11 is 1.52. The van der Waals surface area contributed by atoms with Gasteiger partial charge in [0.25, 0.3) is 5.91 Å². The summed E-state index contributed by atoms with van der Waals surface area (Å²) in [6, 6.07) is 9.82. The lowest BCUT2D eigenvalue weighted by molar-refractivity contribution is 0.1000. The highest BCUT2D eigenvalue weighted by Crippen LogP contribution is 2.44. The van der Waals surface area contributed by atoms with E-state index in [0.29, 0.717) is 24.5 Å². The number of anilines is 2. The summed E-state index contributed by atoms with van der Waals surface area (Å²) in [7, 11) is 0. The predicted molar refractivity (Wildman–Crippen MR) is 85.7 cm³/mol. The summed E-state index contributed by atoms with van der Waals surface area (Å²) in [4.78, 5) is 14.8. The van der Waals surface area contributed by atoms with Crippen molar-refractivity contribution in [3.8, 4) is 10.4 Å². The van der Waals surface area contributed by atoms with E-state index in [9.17, 15) is 4.79 Å². The Kier molecular flexibility index (Phi) is 3.81. The van der Waals surface area contributed by atoms with E-state index in [2.05, 4.69) is 4.90 Å². The molecule has 1 aliphatic heterocycles. The Bertz CT molecular complexity index is 648. The number of nitrogen functional groups attached to an aromatic ring is 1. The molecule has 4 N–H and O–H groups in total. The van der Waals surface area contributed by atoms with E-state index in [1.807, 2.05) is 30.3 Å². The van der Waals surface area contributed by atoms with E-state index in [1.165, 1.54) is 11.3 Å². The van der Waals surface area contributed by atoms with E-state index in [0.717, 1.165) is 28.5 Å². The molecule has 6 heteroatoms. The topological polar surface area (TPSA) is 81.6 Å². The van der Waals surface area contributed by atoms with E-state index in [4.69, 9.17) is 16.2 Å². The standard InChI is InChI=1S/C15H17N3O2S/c16-12-11(14(17)19)15(18-6-8-20-9-7-18)21-13(12)10-4-2-1-3-5-10/h1-5H,6-9,16H2,(H2,17,19). The average Bonchev–Trinajstić information content (AvgIpc) is 2.87. The van der Waals surface area contributed by atoms with E-state index in [1.54, 1.807) is 0 Å². The third-order valence-electron chi connectivity index (χ3n) is 3.51. The van der Waals surface area contributed by atoms with Crippen LogP contribution >= 0.6 is 11.3 Å². The van der Waals surface area contributed by atoms with Crippen LogP contribution in [0.4, 0.5) is 10.7 Å². The first-order valence-corrected chi connectivity index (χ1v) is 7.60. The molecule has 1 aliphatic rings. The zero-order valence-corrected chi connectivity index (χ0v) is 12.4. The van der Waals surface area contributed by atoms with Crippen LogP contribution in [-0.2, 0) is 4.74 Å². The first-order chi connectivity index (χ1) is 10.2. The molecule has 0 spiro atoms. The third-order valence-corrected chi connectivity index (χ3v) is 4.82. The molecule has 3 rings (SSSR count). The minimum atomic E-state index is -0.479. The second-order valence-corrected chi connectivity index (χ2v) is 5.85. The van der Waals surface area contributed by atoms with Crippen LogP contribution in [0.25, 0.3) is 10.4 Å². The molecule has 0 bridgehead atoms. The number of ether oxygens (including phenoxy) is 1. The average molecular weight is 303 g/mol. The molecule has 1 aromatic heterocycles. The Balaban J connectivity index is 2.09. The Morgan fingerprint density at radius 2 is 1.86 bits per heavy atom. The van der Waals surface area contributed by atoms with Crippen molar-refractivity contribution in [1.29, 1.82) is 0 Å². The van der Waals surface area contributed by atoms with E-state index < -0.39 is 5.91 Å². The Morgan fingerprint density at radius 3 is 2.48 bits per heavy atom. The smallest absolute Gasteiger partial charge is 0.253 e. The van der Waals surface area contributed by atoms with Crippen LogP contribution in [0.1, 0.15) is 10.4 Å². The number of nitrogens with two attached hydrogens (primary N) is 2. The fourth-order valence-corrected chi connectivity index (χ4v) is 3.75. The Labute approximate surface area is 127 Å². The largest absolute Gasteiger partial charge is 0.397 e. The Hall–Kier alpha value is -2.05. The SMILES string of the molecule is NC(=O)c1c(N2CCOCC2)sc(-c2ccccc2)c1N. The second-order valence-electron chi connectivity index (χ2n) is 4.85. The van der Waals surface area contributed by atoms with Gasteiger partial charge in [-0.05, 0) is 5.56 Å². The number of carbonyl (C=O) groups is 1. The molecule has 21 heavy (non-hydrogen) atoms. The maximum Gasteiger partial charge on any atom is 0.253 e. The van der Waals surface area contributed by atoms with Crippen LogP contribution < -0.4 is 16.4 Å². The van der Waals surface area contributed by atoms with Crippen molar-refractivity contribution in [2.45, 2.75) is 0 Å². The number of morpholine rings is 1. The molecule has 0 saturated carbocycles. The van der Waals surface area contributed by atoms with Gasteiger partial charge in [0.15, 0.2) is 0 Å². The quantitative estimate of drug-likeness (QED) is 0.908. The van der Waals surface area contributed by atoms with Gasteiger partial charge in [0.05, 0.1) is 29.3 Å².